The quantitative estimate of drug-likeness (QED) is 0.805. The fourth-order valence-electron chi connectivity index (χ4n) is 3.91. The molecule has 2 aliphatic rings. The third-order valence-electron chi connectivity index (χ3n) is 5.17. The van der Waals surface area contributed by atoms with Crippen molar-refractivity contribution in [1.29, 1.82) is 0 Å². The van der Waals surface area contributed by atoms with E-state index in [9.17, 15) is 9.59 Å². The average Bonchev–Trinajstić information content (AvgIpc) is 3.25. The van der Waals surface area contributed by atoms with E-state index in [0.29, 0.717) is 19.6 Å². The van der Waals surface area contributed by atoms with Crippen LogP contribution in [0.4, 0.5) is 4.79 Å². The molecule has 0 spiro atoms. The van der Waals surface area contributed by atoms with E-state index in [2.05, 4.69) is 28.9 Å². The van der Waals surface area contributed by atoms with Crippen LogP contribution in [0.5, 0.6) is 0 Å². The second kappa shape index (κ2) is 6.68. The van der Waals surface area contributed by atoms with Gasteiger partial charge >= 0.3 is 6.09 Å². The molecule has 142 valence electrons. The van der Waals surface area contributed by atoms with Gasteiger partial charge in [0.25, 0.3) is 5.91 Å². The number of fused-ring (bicyclic) bond motifs is 3. The van der Waals surface area contributed by atoms with Crippen molar-refractivity contribution in [2.24, 2.45) is 5.92 Å². The summed E-state index contributed by atoms with van der Waals surface area (Å²) in [7, 11) is 0. The van der Waals surface area contributed by atoms with E-state index in [4.69, 9.17) is 4.74 Å². The summed E-state index contributed by atoms with van der Waals surface area (Å²) >= 11 is 1.64. The number of carbonyl (C=O) groups is 2. The maximum atomic E-state index is 12.6. The second-order valence-electron chi connectivity index (χ2n) is 8.28. The normalized spacial score (nSPS) is 21.9. The molecule has 2 atom stereocenters. The Labute approximate surface area is 163 Å². The lowest BCUT2D eigenvalue weighted by Gasteiger charge is -2.24. The summed E-state index contributed by atoms with van der Waals surface area (Å²) in [4.78, 5) is 26.9. The van der Waals surface area contributed by atoms with Gasteiger partial charge in [0.05, 0.1) is 0 Å². The minimum atomic E-state index is -0.511. The van der Waals surface area contributed by atoms with E-state index < -0.39 is 5.60 Å². The average molecular weight is 385 g/mol. The molecule has 1 aromatic heterocycles. The molecule has 3 heterocycles. The smallest absolute Gasteiger partial charge is 0.410 e. The van der Waals surface area contributed by atoms with Crippen LogP contribution in [-0.2, 0) is 4.74 Å². The molecule has 4 rings (SSSR count). The Morgan fingerprint density at radius 3 is 2.74 bits per heavy atom. The summed E-state index contributed by atoms with van der Waals surface area (Å²) in [5.41, 5.74) is 3.41. The van der Waals surface area contributed by atoms with Crippen LogP contribution in [0.15, 0.2) is 35.0 Å². The van der Waals surface area contributed by atoms with Gasteiger partial charge in [0, 0.05) is 37.0 Å². The minimum absolute atomic E-state index is 0.0275. The number of amides is 2. The first-order valence-corrected chi connectivity index (χ1v) is 10.2. The molecule has 27 heavy (non-hydrogen) atoms. The molecule has 0 saturated carbocycles. The predicted octanol–water partition coefficient (Wildman–Crippen LogP) is 4.11. The number of carbonyl (C=O) groups excluding carboxylic acids is 2. The van der Waals surface area contributed by atoms with Crippen LogP contribution in [0.3, 0.4) is 0 Å². The standard InChI is InChI=1S/C21H24N2O3S/c1-21(2,3)26-20(25)23-10-15-9-22-19(24)17-8-13(14-6-7-27-12-14)4-5-16(17)18(15)11-23/h4-8,12,15,18H,9-11H2,1-3H3,(H,22,24)/t15-,18-/m1/s1. The van der Waals surface area contributed by atoms with Gasteiger partial charge in [0.2, 0.25) is 0 Å². The van der Waals surface area contributed by atoms with Gasteiger partial charge in [-0.25, -0.2) is 4.79 Å². The Morgan fingerprint density at radius 1 is 1.22 bits per heavy atom. The molecule has 0 aliphatic carbocycles. The first-order chi connectivity index (χ1) is 12.8. The molecule has 6 heteroatoms. The Balaban J connectivity index is 1.63. The second-order valence-corrected chi connectivity index (χ2v) is 9.06. The number of ether oxygens (including phenoxy) is 1. The van der Waals surface area contributed by atoms with Crippen molar-refractivity contribution in [3.63, 3.8) is 0 Å². The molecule has 1 fully saturated rings. The molecule has 0 unspecified atom stereocenters. The zero-order valence-electron chi connectivity index (χ0n) is 15.8. The van der Waals surface area contributed by atoms with E-state index in [-0.39, 0.29) is 23.8 Å². The fraction of sp³-hybridized carbons (Fsp3) is 0.429. The highest BCUT2D eigenvalue weighted by molar-refractivity contribution is 7.08. The Morgan fingerprint density at radius 2 is 2.04 bits per heavy atom. The molecule has 5 nitrogen and oxygen atoms in total. The zero-order chi connectivity index (χ0) is 19.2. The fourth-order valence-corrected chi connectivity index (χ4v) is 4.57. The molecule has 0 radical (unpaired) electrons. The Hall–Kier alpha value is -2.34. The van der Waals surface area contributed by atoms with Gasteiger partial charge in [0.1, 0.15) is 5.60 Å². The molecule has 1 aromatic carbocycles. The number of rotatable bonds is 1. The van der Waals surface area contributed by atoms with E-state index in [0.717, 1.165) is 22.3 Å². The summed E-state index contributed by atoms with van der Waals surface area (Å²) in [5.74, 6) is 0.318. The van der Waals surface area contributed by atoms with Crippen LogP contribution in [0.1, 0.15) is 42.6 Å². The maximum Gasteiger partial charge on any atom is 0.410 e. The van der Waals surface area contributed by atoms with Gasteiger partial charge in [-0.15, -0.1) is 0 Å². The molecule has 0 bridgehead atoms. The van der Waals surface area contributed by atoms with Gasteiger partial charge < -0.3 is 15.0 Å². The lowest BCUT2D eigenvalue weighted by molar-refractivity contribution is 0.0287. The number of nitrogens with one attached hydrogen (secondary N) is 1. The highest BCUT2D eigenvalue weighted by Crippen LogP contribution is 2.38. The predicted molar refractivity (Wildman–Crippen MR) is 106 cm³/mol. The SMILES string of the molecule is CC(C)(C)OC(=O)N1C[C@H]2CNC(=O)c3cc(-c4ccsc4)ccc3[C@@H]2C1. The Bertz CT molecular complexity index is 870. The lowest BCUT2D eigenvalue weighted by atomic mass is 9.86. The van der Waals surface area contributed by atoms with E-state index in [1.54, 1.807) is 16.2 Å². The monoisotopic (exact) mass is 384 g/mol. The summed E-state index contributed by atoms with van der Waals surface area (Å²) < 4.78 is 5.54. The minimum Gasteiger partial charge on any atom is -0.444 e. The number of benzene rings is 1. The number of hydrogen-bond donors (Lipinski definition) is 1. The largest absolute Gasteiger partial charge is 0.444 e. The van der Waals surface area contributed by atoms with Gasteiger partial charge in [-0.2, -0.15) is 11.3 Å². The van der Waals surface area contributed by atoms with Crippen molar-refractivity contribution in [3.05, 3.63) is 46.2 Å². The third kappa shape index (κ3) is 3.58. The van der Waals surface area contributed by atoms with Crippen molar-refractivity contribution < 1.29 is 14.3 Å². The summed E-state index contributed by atoms with van der Waals surface area (Å²) in [5, 5.41) is 7.15. The number of nitrogens with zero attached hydrogens (tertiary/aromatic N) is 1. The van der Waals surface area contributed by atoms with Crippen molar-refractivity contribution in [1.82, 2.24) is 10.2 Å². The van der Waals surface area contributed by atoms with Crippen LogP contribution in [0.25, 0.3) is 11.1 Å². The molecule has 1 N–H and O–H groups in total. The van der Waals surface area contributed by atoms with E-state index in [1.165, 1.54) is 0 Å². The van der Waals surface area contributed by atoms with Gasteiger partial charge in [-0.1, -0.05) is 12.1 Å². The molecule has 2 amide bonds. The molecule has 2 aliphatic heterocycles. The third-order valence-corrected chi connectivity index (χ3v) is 5.85. The van der Waals surface area contributed by atoms with Crippen molar-refractivity contribution in [3.8, 4) is 11.1 Å². The van der Waals surface area contributed by atoms with Gasteiger partial charge in [-0.05, 0) is 60.4 Å². The maximum absolute atomic E-state index is 12.6. The van der Waals surface area contributed by atoms with Crippen LogP contribution < -0.4 is 5.32 Å². The number of hydrogen-bond acceptors (Lipinski definition) is 4. The molecule has 1 saturated heterocycles. The molecular weight excluding hydrogens is 360 g/mol. The first kappa shape index (κ1) is 18.0. The lowest BCUT2D eigenvalue weighted by Crippen LogP contribution is -2.36. The van der Waals surface area contributed by atoms with Crippen LogP contribution in [0.2, 0.25) is 0 Å². The number of thiophene rings is 1. The van der Waals surface area contributed by atoms with E-state index in [1.807, 2.05) is 32.2 Å². The summed E-state index contributed by atoms with van der Waals surface area (Å²) in [6.07, 6.45) is -0.279. The zero-order valence-corrected chi connectivity index (χ0v) is 16.6. The van der Waals surface area contributed by atoms with E-state index >= 15 is 0 Å². The summed E-state index contributed by atoms with van der Waals surface area (Å²) in [6.45, 7) is 7.39. The van der Waals surface area contributed by atoms with Gasteiger partial charge in [-0.3, -0.25) is 4.79 Å². The number of likely N-dealkylation sites (tertiary alicyclic amines) is 1. The van der Waals surface area contributed by atoms with Crippen LogP contribution >= 0.6 is 11.3 Å². The van der Waals surface area contributed by atoms with Gasteiger partial charge in [0.15, 0.2) is 0 Å². The van der Waals surface area contributed by atoms with Crippen molar-refractivity contribution in [2.75, 3.05) is 19.6 Å². The summed E-state index contributed by atoms with van der Waals surface area (Å²) in [6, 6.07) is 8.17. The molecular formula is C21H24N2O3S. The first-order valence-electron chi connectivity index (χ1n) is 9.24. The van der Waals surface area contributed by atoms with Crippen molar-refractivity contribution in [2.45, 2.75) is 32.3 Å². The van der Waals surface area contributed by atoms with Crippen LogP contribution in [0, 0.1) is 5.92 Å². The van der Waals surface area contributed by atoms with Crippen molar-refractivity contribution >= 4 is 23.3 Å². The Kier molecular flexibility index (Phi) is 4.46. The van der Waals surface area contributed by atoms with Crippen LogP contribution in [-0.4, -0.2) is 42.1 Å². The molecule has 2 aromatic rings. The highest BCUT2D eigenvalue weighted by Gasteiger charge is 2.41. The topological polar surface area (TPSA) is 58.6 Å². The highest BCUT2D eigenvalue weighted by atomic mass is 32.1.